The summed E-state index contributed by atoms with van der Waals surface area (Å²) in [5.41, 5.74) is 6.62. The van der Waals surface area contributed by atoms with E-state index in [-0.39, 0.29) is 17.9 Å². The Labute approximate surface area is 152 Å². The number of nitro benzene ring substituents is 1. The molecule has 0 spiro atoms. The zero-order chi connectivity index (χ0) is 19.6. The number of carbonyl (C=O) groups excluding carboxylic acids is 1. The van der Waals surface area contributed by atoms with Gasteiger partial charge in [-0.2, -0.15) is 0 Å². The molecular weight excluding hydrogens is 354 g/mol. The highest BCUT2D eigenvalue weighted by molar-refractivity contribution is 5.93. The van der Waals surface area contributed by atoms with Crippen LogP contribution in [0.3, 0.4) is 0 Å². The number of aliphatic carboxylic acids is 1. The van der Waals surface area contributed by atoms with Crippen LogP contribution in [-0.2, 0) is 11.2 Å². The SMILES string of the molecule is N[C@@H](Cc1cn(C(=O)Oc2ccc([N+](=O)[O-])cc2)c2ccccc12)C(=O)O. The molecule has 1 atom stereocenters. The number of ether oxygens (including phenoxy) is 1. The minimum Gasteiger partial charge on any atom is -0.480 e. The molecule has 2 aromatic carbocycles. The first-order chi connectivity index (χ1) is 12.9. The van der Waals surface area contributed by atoms with Gasteiger partial charge in [-0.3, -0.25) is 19.5 Å². The number of aromatic nitrogens is 1. The quantitative estimate of drug-likeness (QED) is 0.520. The summed E-state index contributed by atoms with van der Waals surface area (Å²) in [4.78, 5) is 33.7. The fourth-order valence-corrected chi connectivity index (χ4v) is 2.67. The van der Waals surface area contributed by atoms with Crippen LogP contribution in [0, 0.1) is 10.1 Å². The monoisotopic (exact) mass is 369 g/mol. The highest BCUT2D eigenvalue weighted by Crippen LogP contribution is 2.24. The third kappa shape index (κ3) is 3.77. The normalized spacial score (nSPS) is 11.9. The molecule has 0 aliphatic heterocycles. The number of nitrogens with two attached hydrogens (primary N) is 1. The molecule has 0 aliphatic carbocycles. The highest BCUT2D eigenvalue weighted by Gasteiger charge is 2.19. The third-order valence-electron chi connectivity index (χ3n) is 4.00. The van der Waals surface area contributed by atoms with Gasteiger partial charge in [-0.05, 0) is 23.8 Å². The topological polar surface area (TPSA) is 138 Å². The van der Waals surface area contributed by atoms with Gasteiger partial charge in [0.1, 0.15) is 11.8 Å². The van der Waals surface area contributed by atoms with E-state index in [0.29, 0.717) is 16.5 Å². The lowest BCUT2D eigenvalue weighted by Crippen LogP contribution is -2.32. The van der Waals surface area contributed by atoms with Crippen molar-refractivity contribution in [3.05, 3.63) is 70.4 Å². The first kappa shape index (κ1) is 18.1. The van der Waals surface area contributed by atoms with Gasteiger partial charge in [0.15, 0.2) is 0 Å². The number of nitrogens with zero attached hydrogens (tertiary/aromatic N) is 2. The average molecular weight is 369 g/mol. The summed E-state index contributed by atoms with van der Waals surface area (Å²) in [6.45, 7) is 0. The second kappa shape index (κ2) is 7.26. The van der Waals surface area contributed by atoms with Gasteiger partial charge in [0, 0.05) is 30.1 Å². The largest absolute Gasteiger partial charge is 0.480 e. The highest BCUT2D eigenvalue weighted by atomic mass is 16.6. The first-order valence-electron chi connectivity index (χ1n) is 7.91. The third-order valence-corrected chi connectivity index (χ3v) is 4.00. The molecule has 3 rings (SSSR count). The van der Waals surface area contributed by atoms with E-state index in [2.05, 4.69) is 0 Å². The second-order valence-corrected chi connectivity index (χ2v) is 5.81. The average Bonchev–Trinajstić information content (AvgIpc) is 3.01. The Kier molecular flexibility index (Phi) is 4.86. The second-order valence-electron chi connectivity index (χ2n) is 5.81. The zero-order valence-electron chi connectivity index (χ0n) is 13.9. The Morgan fingerprint density at radius 3 is 2.48 bits per heavy atom. The van der Waals surface area contributed by atoms with E-state index >= 15 is 0 Å². The van der Waals surface area contributed by atoms with Crippen LogP contribution in [0.25, 0.3) is 10.9 Å². The van der Waals surface area contributed by atoms with Gasteiger partial charge in [-0.1, -0.05) is 18.2 Å². The predicted molar refractivity (Wildman–Crippen MR) is 95.8 cm³/mol. The number of rotatable bonds is 5. The van der Waals surface area contributed by atoms with E-state index in [1.54, 1.807) is 24.3 Å². The number of hydrogen-bond donors (Lipinski definition) is 2. The van der Waals surface area contributed by atoms with Crippen molar-refractivity contribution in [3.8, 4) is 5.75 Å². The summed E-state index contributed by atoms with van der Waals surface area (Å²) in [6.07, 6.45) is 0.810. The van der Waals surface area contributed by atoms with Crippen molar-refractivity contribution in [2.45, 2.75) is 12.5 Å². The number of hydrogen-bond acceptors (Lipinski definition) is 6. The molecule has 0 fully saturated rings. The fraction of sp³-hybridized carbons (Fsp3) is 0.111. The molecule has 1 aromatic heterocycles. The first-order valence-corrected chi connectivity index (χ1v) is 7.91. The molecule has 9 nitrogen and oxygen atoms in total. The van der Waals surface area contributed by atoms with Gasteiger partial charge < -0.3 is 15.6 Å². The summed E-state index contributed by atoms with van der Waals surface area (Å²) in [7, 11) is 0. The Morgan fingerprint density at radius 1 is 1.19 bits per heavy atom. The number of carboxylic acids is 1. The standard InChI is InChI=1S/C18H15N3O6/c19-15(17(22)23)9-11-10-20(16-4-2-1-3-14(11)16)18(24)27-13-7-5-12(6-8-13)21(25)26/h1-8,10,15H,9,19H2,(H,22,23)/t15-/m0/s1. The van der Waals surface area contributed by atoms with Crippen molar-refractivity contribution in [1.29, 1.82) is 0 Å². The van der Waals surface area contributed by atoms with Crippen LogP contribution in [0.2, 0.25) is 0 Å². The summed E-state index contributed by atoms with van der Waals surface area (Å²) in [5.74, 6) is -0.993. The van der Waals surface area contributed by atoms with Crippen molar-refractivity contribution >= 4 is 28.7 Å². The summed E-state index contributed by atoms with van der Waals surface area (Å²) in [5, 5.41) is 20.4. The van der Waals surface area contributed by atoms with Gasteiger partial charge >= 0.3 is 12.1 Å². The van der Waals surface area contributed by atoms with Crippen molar-refractivity contribution in [2.75, 3.05) is 0 Å². The van der Waals surface area contributed by atoms with Crippen LogP contribution in [0.5, 0.6) is 5.75 Å². The van der Waals surface area contributed by atoms with E-state index in [0.717, 1.165) is 0 Å². The van der Waals surface area contributed by atoms with Crippen LogP contribution in [0.1, 0.15) is 5.56 Å². The Hall–Kier alpha value is -3.72. The maximum atomic E-state index is 12.5. The molecule has 0 amide bonds. The van der Waals surface area contributed by atoms with Crippen LogP contribution in [-0.4, -0.2) is 32.7 Å². The molecule has 3 aromatic rings. The molecular formula is C18H15N3O6. The maximum Gasteiger partial charge on any atom is 0.423 e. The van der Waals surface area contributed by atoms with Gasteiger partial charge in [0.05, 0.1) is 10.4 Å². The van der Waals surface area contributed by atoms with Gasteiger partial charge in [0.2, 0.25) is 0 Å². The number of para-hydroxylation sites is 1. The van der Waals surface area contributed by atoms with Crippen LogP contribution < -0.4 is 10.5 Å². The van der Waals surface area contributed by atoms with Crippen molar-refractivity contribution < 1.29 is 24.4 Å². The Bertz CT molecular complexity index is 1030. The lowest BCUT2D eigenvalue weighted by atomic mass is 10.1. The van der Waals surface area contributed by atoms with E-state index in [1.165, 1.54) is 35.0 Å². The van der Waals surface area contributed by atoms with Crippen molar-refractivity contribution in [1.82, 2.24) is 4.57 Å². The molecule has 27 heavy (non-hydrogen) atoms. The molecule has 9 heteroatoms. The summed E-state index contributed by atoms with van der Waals surface area (Å²) < 4.78 is 6.51. The molecule has 0 bridgehead atoms. The fourth-order valence-electron chi connectivity index (χ4n) is 2.67. The van der Waals surface area contributed by atoms with Crippen LogP contribution in [0.15, 0.2) is 54.7 Å². The van der Waals surface area contributed by atoms with Gasteiger partial charge in [-0.15, -0.1) is 0 Å². The minimum atomic E-state index is -1.14. The number of carbonyl (C=O) groups is 2. The molecule has 0 saturated carbocycles. The van der Waals surface area contributed by atoms with E-state index in [4.69, 9.17) is 15.6 Å². The Balaban J connectivity index is 1.90. The smallest absolute Gasteiger partial charge is 0.423 e. The van der Waals surface area contributed by atoms with E-state index < -0.39 is 23.0 Å². The maximum absolute atomic E-state index is 12.5. The summed E-state index contributed by atoms with van der Waals surface area (Å²) >= 11 is 0. The van der Waals surface area contributed by atoms with E-state index in [9.17, 15) is 19.7 Å². The number of carboxylic acid groups (broad SMARTS) is 1. The van der Waals surface area contributed by atoms with Crippen LogP contribution >= 0.6 is 0 Å². The minimum absolute atomic E-state index is 0.0493. The van der Waals surface area contributed by atoms with Crippen LogP contribution in [0.4, 0.5) is 10.5 Å². The zero-order valence-corrected chi connectivity index (χ0v) is 13.9. The van der Waals surface area contributed by atoms with Gasteiger partial charge in [0.25, 0.3) is 5.69 Å². The number of benzene rings is 2. The number of non-ortho nitro benzene ring substituents is 1. The number of fused-ring (bicyclic) bond motifs is 1. The molecule has 0 radical (unpaired) electrons. The molecule has 0 saturated heterocycles. The lowest BCUT2D eigenvalue weighted by Gasteiger charge is -2.06. The molecule has 1 heterocycles. The molecule has 0 unspecified atom stereocenters. The van der Waals surface area contributed by atoms with Gasteiger partial charge in [-0.25, -0.2) is 4.79 Å². The summed E-state index contributed by atoms with van der Waals surface area (Å²) in [6, 6.07) is 11.0. The molecule has 138 valence electrons. The number of nitro groups is 1. The van der Waals surface area contributed by atoms with Crippen molar-refractivity contribution in [2.24, 2.45) is 5.73 Å². The van der Waals surface area contributed by atoms with E-state index in [1.807, 2.05) is 0 Å². The Morgan fingerprint density at radius 2 is 1.85 bits per heavy atom. The van der Waals surface area contributed by atoms with Crippen molar-refractivity contribution in [3.63, 3.8) is 0 Å². The molecule has 0 aliphatic rings. The molecule has 3 N–H and O–H groups in total. The predicted octanol–water partition coefficient (Wildman–Crippen LogP) is 2.55. The lowest BCUT2D eigenvalue weighted by molar-refractivity contribution is -0.384.